The van der Waals surface area contributed by atoms with E-state index in [9.17, 15) is 19.8 Å². The highest BCUT2D eigenvalue weighted by Gasteiger charge is 2.46. The first kappa shape index (κ1) is 28.3. The van der Waals surface area contributed by atoms with Crippen molar-refractivity contribution in [2.75, 3.05) is 32.8 Å². The van der Waals surface area contributed by atoms with Crippen LogP contribution in [0.1, 0.15) is 70.0 Å². The molecule has 0 saturated carbocycles. The van der Waals surface area contributed by atoms with Gasteiger partial charge in [0, 0.05) is 12.1 Å². The minimum absolute atomic E-state index is 0.0203. The van der Waals surface area contributed by atoms with Crippen molar-refractivity contribution in [2.45, 2.75) is 58.9 Å². The lowest BCUT2D eigenvalue weighted by atomic mass is 9.95. The summed E-state index contributed by atoms with van der Waals surface area (Å²) in [7, 11) is 0. The zero-order valence-electron chi connectivity index (χ0n) is 22.3. The lowest BCUT2D eigenvalue weighted by molar-refractivity contribution is -0.140. The Balaban J connectivity index is 1.96. The average Bonchev–Trinajstić information content (AvgIpc) is 3.16. The number of nitrogens with zero attached hydrogens (tertiary/aromatic N) is 2. The van der Waals surface area contributed by atoms with E-state index in [1.165, 1.54) is 6.07 Å². The summed E-state index contributed by atoms with van der Waals surface area (Å²) in [4.78, 5) is 30.5. The minimum atomic E-state index is -0.778. The highest BCUT2D eigenvalue weighted by Crippen LogP contribution is 2.41. The Hall–Kier alpha value is -3.32. The summed E-state index contributed by atoms with van der Waals surface area (Å²) in [5.41, 5.74) is 1.13. The Kier molecular flexibility index (Phi) is 10.6. The van der Waals surface area contributed by atoms with Gasteiger partial charge in [0.25, 0.3) is 11.7 Å². The summed E-state index contributed by atoms with van der Waals surface area (Å²) < 4.78 is 5.57. The molecular weight excluding hydrogens is 468 g/mol. The zero-order chi connectivity index (χ0) is 26.8. The monoisotopic (exact) mass is 508 g/mol. The number of phenolic OH excluding ortho intramolecular Hbond substituents is 1. The number of phenols is 1. The molecule has 2 aromatic carbocycles. The van der Waals surface area contributed by atoms with E-state index in [0.717, 1.165) is 45.3 Å². The number of aromatic hydroxyl groups is 1. The molecule has 1 saturated heterocycles. The smallest absolute Gasteiger partial charge is 0.295 e. The predicted molar refractivity (Wildman–Crippen MR) is 146 cm³/mol. The van der Waals surface area contributed by atoms with Crippen molar-refractivity contribution >= 4 is 17.4 Å². The summed E-state index contributed by atoms with van der Waals surface area (Å²) in [6.07, 6.45) is 5.20. The summed E-state index contributed by atoms with van der Waals surface area (Å²) in [5.74, 6) is -1.28. The Morgan fingerprint density at radius 2 is 1.59 bits per heavy atom. The van der Waals surface area contributed by atoms with E-state index < -0.39 is 17.7 Å². The number of hydrogen-bond donors (Lipinski definition) is 2. The molecule has 0 spiro atoms. The molecule has 2 N–H and O–H groups in total. The molecule has 2 aromatic rings. The maximum absolute atomic E-state index is 13.3. The van der Waals surface area contributed by atoms with Gasteiger partial charge in [0.15, 0.2) is 11.5 Å². The molecule has 0 aliphatic carbocycles. The average molecular weight is 509 g/mol. The second-order valence-electron chi connectivity index (χ2n) is 9.42. The fraction of sp³-hybridized carbons (Fsp3) is 0.467. The SMILES string of the molecule is CCCCN(CCCC)CCCN1C(=O)C(=O)/C(=C(\O)c2ccccc2)C1c1ccc(O)c(OCC)c1. The van der Waals surface area contributed by atoms with Crippen LogP contribution in [-0.2, 0) is 9.59 Å². The van der Waals surface area contributed by atoms with Gasteiger partial charge in [-0.15, -0.1) is 0 Å². The molecule has 0 radical (unpaired) electrons. The van der Waals surface area contributed by atoms with Gasteiger partial charge in [-0.05, 0) is 63.5 Å². The van der Waals surface area contributed by atoms with Gasteiger partial charge in [0.05, 0.1) is 18.2 Å². The number of benzene rings is 2. The first-order valence-corrected chi connectivity index (χ1v) is 13.4. The number of rotatable bonds is 14. The second kappa shape index (κ2) is 13.8. The lowest BCUT2D eigenvalue weighted by Crippen LogP contribution is -2.34. The first-order chi connectivity index (χ1) is 17.9. The van der Waals surface area contributed by atoms with Crippen LogP contribution >= 0.6 is 0 Å². The molecule has 1 heterocycles. The number of aliphatic hydroxyl groups excluding tert-OH is 1. The van der Waals surface area contributed by atoms with Crippen molar-refractivity contribution in [3.8, 4) is 11.5 Å². The van der Waals surface area contributed by atoms with E-state index >= 15 is 0 Å². The number of hydrogen-bond acceptors (Lipinski definition) is 6. The third-order valence-corrected chi connectivity index (χ3v) is 6.72. The van der Waals surface area contributed by atoms with Gasteiger partial charge in [-0.25, -0.2) is 0 Å². The molecule has 1 fully saturated rings. The van der Waals surface area contributed by atoms with Crippen LogP contribution in [-0.4, -0.2) is 64.5 Å². The first-order valence-electron chi connectivity index (χ1n) is 13.4. The summed E-state index contributed by atoms with van der Waals surface area (Å²) in [6.45, 7) is 9.76. The summed E-state index contributed by atoms with van der Waals surface area (Å²) in [5, 5.41) is 21.4. The van der Waals surface area contributed by atoms with E-state index in [1.807, 2.05) is 13.0 Å². The maximum atomic E-state index is 13.3. The van der Waals surface area contributed by atoms with Crippen LogP contribution in [0, 0.1) is 0 Å². The Bertz CT molecular complexity index is 1070. The van der Waals surface area contributed by atoms with Crippen molar-refractivity contribution in [1.29, 1.82) is 0 Å². The molecule has 200 valence electrons. The van der Waals surface area contributed by atoms with Crippen LogP contribution < -0.4 is 4.74 Å². The topological polar surface area (TPSA) is 90.3 Å². The van der Waals surface area contributed by atoms with Crippen molar-refractivity contribution in [3.05, 3.63) is 65.2 Å². The number of aliphatic hydroxyl groups is 1. The third kappa shape index (κ3) is 6.92. The molecule has 3 rings (SSSR count). The van der Waals surface area contributed by atoms with Crippen molar-refractivity contribution < 1.29 is 24.5 Å². The number of unbranched alkanes of at least 4 members (excludes halogenated alkanes) is 2. The van der Waals surface area contributed by atoms with E-state index in [-0.39, 0.29) is 22.8 Å². The van der Waals surface area contributed by atoms with Gasteiger partial charge in [0.1, 0.15) is 5.76 Å². The molecule has 7 heteroatoms. The molecule has 1 aliphatic rings. The molecule has 1 amide bonds. The number of likely N-dealkylation sites (tertiary alicyclic amines) is 1. The van der Waals surface area contributed by atoms with Crippen LogP contribution in [0.2, 0.25) is 0 Å². The number of ether oxygens (including phenoxy) is 1. The van der Waals surface area contributed by atoms with Crippen molar-refractivity contribution in [3.63, 3.8) is 0 Å². The van der Waals surface area contributed by atoms with Gasteiger partial charge in [-0.2, -0.15) is 0 Å². The normalized spacial score (nSPS) is 17.1. The molecule has 0 bridgehead atoms. The van der Waals surface area contributed by atoms with Crippen LogP contribution in [0.5, 0.6) is 11.5 Å². The van der Waals surface area contributed by atoms with E-state index in [1.54, 1.807) is 41.3 Å². The van der Waals surface area contributed by atoms with Gasteiger partial charge >= 0.3 is 0 Å². The largest absolute Gasteiger partial charge is 0.507 e. The van der Waals surface area contributed by atoms with E-state index in [4.69, 9.17) is 4.74 Å². The highest BCUT2D eigenvalue weighted by atomic mass is 16.5. The second-order valence-corrected chi connectivity index (χ2v) is 9.42. The molecule has 7 nitrogen and oxygen atoms in total. The van der Waals surface area contributed by atoms with Crippen molar-refractivity contribution in [1.82, 2.24) is 9.80 Å². The summed E-state index contributed by atoms with van der Waals surface area (Å²) in [6, 6.07) is 12.8. The van der Waals surface area contributed by atoms with Gasteiger partial charge in [-0.1, -0.05) is 63.1 Å². The number of Topliss-reactive ketones (excluding diaryl/α,β-unsaturated/α-hetero) is 1. The summed E-state index contributed by atoms with van der Waals surface area (Å²) >= 11 is 0. The van der Waals surface area contributed by atoms with Crippen LogP contribution in [0.3, 0.4) is 0 Å². The Morgan fingerprint density at radius 1 is 0.946 bits per heavy atom. The Labute approximate surface area is 220 Å². The quantitative estimate of drug-likeness (QED) is 0.199. The maximum Gasteiger partial charge on any atom is 0.295 e. The number of ketones is 1. The number of amides is 1. The van der Waals surface area contributed by atoms with E-state index in [0.29, 0.717) is 30.7 Å². The van der Waals surface area contributed by atoms with Gasteiger partial charge in [-0.3, -0.25) is 9.59 Å². The van der Waals surface area contributed by atoms with Crippen LogP contribution in [0.15, 0.2) is 54.1 Å². The van der Waals surface area contributed by atoms with Gasteiger partial charge < -0.3 is 24.7 Å². The van der Waals surface area contributed by atoms with E-state index in [2.05, 4.69) is 18.7 Å². The minimum Gasteiger partial charge on any atom is -0.507 e. The zero-order valence-corrected chi connectivity index (χ0v) is 22.3. The lowest BCUT2D eigenvalue weighted by Gasteiger charge is -2.28. The number of carbonyl (C=O) groups excluding carboxylic acids is 2. The fourth-order valence-corrected chi connectivity index (χ4v) is 4.74. The molecule has 1 unspecified atom stereocenters. The highest BCUT2D eigenvalue weighted by molar-refractivity contribution is 6.46. The molecule has 1 atom stereocenters. The fourth-order valence-electron chi connectivity index (χ4n) is 4.74. The Morgan fingerprint density at radius 3 is 2.22 bits per heavy atom. The molecule has 0 aromatic heterocycles. The molecule has 37 heavy (non-hydrogen) atoms. The molecular formula is C30H40N2O5. The number of carbonyl (C=O) groups is 2. The third-order valence-electron chi connectivity index (χ3n) is 6.72. The van der Waals surface area contributed by atoms with Crippen molar-refractivity contribution in [2.24, 2.45) is 0 Å². The molecule has 1 aliphatic heterocycles. The van der Waals surface area contributed by atoms with Crippen LogP contribution in [0.25, 0.3) is 5.76 Å². The standard InChI is InChI=1S/C30H40N2O5/c1-4-7-17-31(18-8-5-2)19-12-20-32-27(23-15-16-24(33)25(21-23)37-6-3)26(29(35)30(32)36)28(34)22-13-10-9-11-14-22/h9-11,13-16,21,27,33-34H,4-8,12,17-20H2,1-3H3/b28-26-. The van der Waals surface area contributed by atoms with Gasteiger partial charge in [0.2, 0.25) is 0 Å². The van der Waals surface area contributed by atoms with Crippen LogP contribution in [0.4, 0.5) is 0 Å². The predicted octanol–water partition coefficient (Wildman–Crippen LogP) is 5.50.